The van der Waals surface area contributed by atoms with Crippen LogP contribution in [0.5, 0.6) is 5.75 Å². The summed E-state index contributed by atoms with van der Waals surface area (Å²) in [7, 11) is 1.66. The molecule has 1 aromatic heterocycles. The summed E-state index contributed by atoms with van der Waals surface area (Å²) < 4.78 is 12.1. The van der Waals surface area contributed by atoms with Gasteiger partial charge >= 0.3 is 0 Å². The Morgan fingerprint density at radius 3 is 2.84 bits per heavy atom. The Morgan fingerprint density at radius 1 is 1.31 bits per heavy atom. The fourth-order valence-electron chi connectivity index (χ4n) is 3.70. The lowest BCUT2D eigenvalue weighted by Crippen LogP contribution is -2.37. The number of aromatic nitrogens is 1. The smallest absolute Gasteiger partial charge is 0.228 e. The molecule has 1 fully saturated rings. The number of benzene rings is 2. The zero-order chi connectivity index (χ0) is 22.5. The van der Waals surface area contributed by atoms with Crippen LogP contribution < -0.4 is 9.64 Å². The van der Waals surface area contributed by atoms with Gasteiger partial charge in [-0.2, -0.15) is 0 Å². The van der Waals surface area contributed by atoms with E-state index >= 15 is 0 Å². The molecule has 0 bridgehead atoms. The van der Waals surface area contributed by atoms with E-state index in [1.54, 1.807) is 30.2 Å². The van der Waals surface area contributed by atoms with Crippen molar-refractivity contribution in [2.24, 2.45) is 0 Å². The minimum Gasteiger partial charge on any atom is -0.497 e. The molecule has 5 nitrogen and oxygen atoms in total. The first-order valence-electron chi connectivity index (χ1n) is 10.8. The highest BCUT2D eigenvalue weighted by molar-refractivity contribution is 7.99. The van der Waals surface area contributed by atoms with Crippen molar-refractivity contribution in [3.63, 3.8) is 0 Å². The lowest BCUT2D eigenvalue weighted by molar-refractivity contribution is -0.119. The average Bonchev–Trinajstić information content (AvgIpc) is 3.48. The topological polar surface area (TPSA) is 51.7 Å². The van der Waals surface area contributed by atoms with Crippen LogP contribution in [0.15, 0.2) is 41.3 Å². The maximum absolute atomic E-state index is 13.2. The van der Waals surface area contributed by atoms with Crippen LogP contribution in [0.3, 0.4) is 0 Å². The molecule has 1 unspecified atom stereocenters. The molecule has 3 aromatic rings. The first-order chi connectivity index (χ1) is 15.5. The Balaban J connectivity index is 1.42. The Labute approximate surface area is 202 Å². The number of amides is 1. The van der Waals surface area contributed by atoms with Crippen molar-refractivity contribution in [2.45, 2.75) is 43.6 Å². The van der Waals surface area contributed by atoms with Gasteiger partial charge in [0.15, 0.2) is 5.13 Å². The summed E-state index contributed by atoms with van der Waals surface area (Å²) in [4.78, 5) is 21.0. The normalized spacial score (nSPS) is 15.9. The summed E-state index contributed by atoms with van der Waals surface area (Å²) in [5.41, 5.74) is 1.82. The molecule has 1 amide bonds. The van der Waals surface area contributed by atoms with Crippen molar-refractivity contribution in [3.8, 4) is 5.75 Å². The number of anilines is 1. The average molecular weight is 491 g/mol. The third-order valence-corrected chi connectivity index (χ3v) is 8.09. The molecular weight excluding hydrogens is 464 g/mol. The van der Waals surface area contributed by atoms with Crippen LogP contribution in [0.4, 0.5) is 5.13 Å². The number of hydrogen-bond acceptors (Lipinski definition) is 6. The van der Waals surface area contributed by atoms with Crippen LogP contribution in [-0.4, -0.2) is 43.0 Å². The van der Waals surface area contributed by atoms with Crippen LogP contribution in [0, 0.1) is 6.92 Å². The molecule has 0 spiro atoms. The molecule has 170 valence electrons. The second-order valence-corrected chi connectivity index (χ2v) is 10.4. The summed E-state index contributed by atoms with van der Waals surface area (Å²) in [6.45, 7) is 3.29. The number of aryl methyl sites for hydroxylation is 1. The molecule has 0 saturated carbocycles. The number of thioether (sulfide) groups is 1. The molecule has 32 heavy (non-hydrogen) atoms. The molecule has 0 radical (unpaired) electrons. The standard InChI is InChI=1S/C24H27ClN2O3S2/c1-16-20(25)11-12-21-23(16)26-24(32-21)27(15-18-5-3-13-30-18)22(28)6-4-14-31-19-9-7-17(29-2)8-10-19/h7-12,18H,3-6,13-15H2,1-2H3. The van der Waals surface area contributed by atoms with E-state index < -0.39 is 0 Å². The SMILES string of the molecule is COc1ccc(SCCCC(=O)N(CC2CCCO2)c2nc3c(C)c(Cl)ccc3s2)cc1. The van der Waals surface area contributed by atoms with Gasteiger partial charge in [-0.25, -0.2) is 4.98 Å². The molecule has 2 aromatic carbocycles. The number of thiazole rings is 1. The van der Waals surface area contributed by atoms with Gasteiger partial charge in [-0.05, 0) is 73.9 Å². The summed E-state index contributed by atoms with van der Waals surface area (Å²) in [6.07, 6.45) is 3.37. The number of rotatable bonds is 9. The van der Waals surface area contributed by atoms with E-state index in [2.05, 4.69) is 0 Å². The van der Waals surface area contributed by atoms with Crippen molar-refractivity contribution in [1.29, 1.82) is 0 Å². The summed E-state index contributed by atoms with van der Waals surface area (Å²) in [5, 5.41) is 1.43. The van der Waals surface area contributed by atoms with Crippen LogP contribution in [-0.2, 0) is 9.53 Å². The lowest BCUT2D eigenvalue weighted by atomic mass is 10.2. The zero-order valence-electron chi connectivity index (χ0n) is 18.3. The fraction of sp³-hybridized carbons (Fsp3) is 0.417. The first-order valence-corrected chi connectivity index (χ1v) is 13.0. The summed E-state index contributed by atoms with van der Waals surface area (Å²) in [5.74, 6) is 1.82. The molecule has 1 aliphatic rings. The van der Waals surface area contributed by atoms with Crippen molar-refractivity contribution in [1.82, 2.24) is 4.98 Å². The van der Waals surface area contributed by atoms with Gasteiger partial charge in [-0.15, -0.1) is 11.8 Å². The van der Waals surface area contributed by atoms with Gasteiger partial charge in [0, 0.05) is 22.9 Å². The Morgan fingerprint density at radius 2 is 2.12 bits per heavy atom. The molecule has 1 saturated heterocycles. The summed E-state index contributed by atoms with van der Waals surface area (Å²) in [6, 6.07) is 11.9. The van der Waals surface area contributed by atoms with Gasteiger partial charge in [0.25, 0.3) is 0 Å². The first kappa shape index (κ1) is 23.4. The molecule has 8 heteroatoms. The maximum Gasteiger partial charge on any atom is 0.228 e. The quantitative estimate of drug-likeness (QED) is 0.258. The van der Waals surface area contributed by atoms with Gasteiger partial charge in [-0.1, -0.05) is 22.9 Å². The number of carbonyl (C=O) groups is 1. The van der Waals surface area contributed by atoms with Gasteiger partial charge in [-0.3, -0.25) is 9.69 Å². The van der Waals surface area contributed by atoms with Crippen LogP contribution >= 0.6 is 34.7 Å². The number of ether oxygens (including phenoxy) is 2. The number of nitrogens with zero attached hydrogens (tertiary/aromatic N) is 2. The van der Waals surface area contributed by atoms with Crippen molar-refractivity contribution >= 4 is 56.0 Å². The van der Waals surface area contributed by atoms with Crippen LogP contribution in [0.2, 0.25) is 5.02 Å². The molecule has 0 N–H and O–H groups in total. The third-order valence-electron chi connectivity index (χ3n) is 5.54. The van der Waals surface area contributed by atoms with Crippen LogP contribution in [0.1, 0.15) is 31.2 Å². The van der Waals surface area contributed by atoms with Crippen molar-refractivity contribution in [3.05, 3.63) is 47.0 Å². The van der Waals surface area contributed by atoms with E-state index in [4.69, 9.17) is 26.1 Å². The molecule has 0 aliphatic carbocycles. The molecule has 4 rings (SSSR count). The van der Waals surface area contributed by atoms with Gasteiger partial charge < -0.3 is 9.47 Å². The van der Waals surface area contributed by atoms with Gasteiger partial charge in [0.2, 0.25) is 5.91 Å². The second kappa shape index (κ2) is 10.9. The molecule has 1 atom stereocenters. The molecule has 2 heterocycles. The molecular formula is C24H27ClN2O3S2. The minimum absolute atomic E-state index is 0.0734. The van der Waals surface area contributed by atoms with E-state index in [0.29, 0.717) is 18.0 Å². The third kappa shape index (κ3) is 5.57. The predicted molar refractivity (Wildman–Crippen MR) is 134 cm³/mol. The highest BCUT2D eigenvalue weighted by atomic mass is 35.5. The molecule has 1 aliphatic heterocycles. The van der Waals surface area contributed by atoms with E-state index in [-0.39, 0.29) is 12.0 Å². The number of halogens is 1. The van der Waals surface area contributed by atoms with Crippen molar-refractivity contribution in [2.75, 3.05) is 30.9 Å². The minimum atomic E-state index is 0.0734. The summed E-state index contributed by atoms with van der Waals surface area (Å²) >= 11 is 9.58. The maximum atomic E-state index is 13.2. The highest BCUT2D eigenvalue weighted by Gasteiger charge is 2.26. The monoisotopic (exact) mass is 490 g/mol. The number of carbonyl (C=O) groups excluding carboxylic acids is 1. The van der Waals surface area contributed by atoms with E-state index in [1.165, 1.54) is 4.90 Å². The number of hydrogen-bond donors (Lipinski definition) is 0. The van der Waals surface area contributed by atoms with E-state index in [1.807, 2.05) is 48.2 Å². The lowest BCUT2D eigenvalue weighted by Gasteiger charge is -2.23. The van der Waals surface area contributed by atoms with Crippen molar-refractivity contribution < 1.29 is 14.3 Å². The largest absolute Gasteiger partial charge is 0.497 e. The fourth-order valence-corrected chi connectivity index (χ4v) is 5.76. The second-order valence-electron chi connectivity index (χ2n) is 7.78. The van der Waals surface area contributed by atoms with Gasteiger partial charge in [0.05, 0.1) is 30.0 Å². The number of fused-ring (bicyclic) bond motifs is 1. The zero-order valence-corrected chi connectivity index (χ0v) is 20.7. The van der Waals surface area contributed by atoms with E-state index in [9.17, 15) is 4.79 Å². The Kier molecular flexibility index (Phi) is 7.94. The Hall–Kier alpha value is -1.80. The Bertz CT molecular complexity index is 1070. The van der Waals surface area contributed by atoms with E-state index in [0.717, 1.165) is 58.3 Å². The van der Waals surface area contributed by atoms with Crippen LogP contribution in [0.25, 0.3) is 10.2 Å². The number of methoxy groups -OCH3 is 1. The van der Waals surface area contributed by atoms with Gasteiger partial charge in [0.1, 0.15) is 5.75 Å². The highest BCUT2D eigenvalue weighted by Crippen LogP contribution is 2.34. The predicted octanol–water partition coefficient (Wildman–Crippen LogP) is 6.35.